The molecule has 0 aromatic heterocycles. The second kappa shape index (κ2) is 5.75. The highest BCUT2D eigenvalue weighted by molar-refractivity contribution is 5.76. The molecule has 1 unspecified atom stereocenters. The van der Waals surface area contributed by atoms with E-state index >= 15 is 0 Å². The van der Waals surface area contributed by atoms with Crippen LogP contribution in [0.25, 0.3) is 0 Å². The second-order valence-electron chi connectivity index (χ2n) is 4.13. The number of hydrogen-bond donors (Lipinski definition) is 1. The van der Waals surface area contributed by atoms with Gasteiger partial charge in [0.15, 0.2) is 11.6 Å². The average Bonchev–Trinajstić information content (AvgIpc) is 2.28. The van der Waals surface area contributed by atoms with E-state index in [-0.39, 0.29) is 11.1 Å². The molecule has 1 aromatic rings. The van der Waals surface area contributed by atoms with Gasteiger partial charge in [-0.25, -0.2) is 8.78 Å². The number of aliphatic carboxylic acids is 1. The van der Waals surface area contributed by atoms with Crippen molar-refractivity contribution in [1.29, 1.82) is 0 Å². The first kappa shape index (κ1) is 13.6. The van der Waals surface area contributed by atoms with Crippen molar-refractivity contribution < 1.29 is 18.7 Å². The molecular formula is C13H16F2O2. The Morgan fingerprint density at radius 1 is 1.35 bits per heavy atom. The number of hydrogen-bond acceptors (Lipinski definition) is 1. The number of carboxylic acid groups (broad SMARTS) is 1. The van der Waals surface area contributed by atoms with Crippen LogP contribution in [0.2, 0.25) is 0 Å². The lowest BCUT2D eigenvalue weighted by molar-refractivity contribution is -0.139. The van der Waals surface area contributed by atoms with Crippen LogP contribution in [0.3, 0.4) is 0 Å². The molecule has 1 atom stereocenters. The lowest BCUT2D eigenvalue weighted by Crippen LogP contribution is -2.14. The summed E-state index contributed by atoms with van der Waals surface area (Å²) in [5.74, 6) is -4.07. The first-order valence-corrected chi connectivity index (χ1v) is 5.66. The largest absolute Gasteiger partial charge is 0.481 e. The Labute approximate surface area is 99.3 Å². The maximum atomic E-state index is 13.7. The number of carboxylic acids is 1. The number of halogens is 2. The van der Waals surface area contributed by atoms with E-state index < -0.39 is 23.5 Å². The Morgan fingerprint density at radius 2 is 2.00 bits per heavy atom. The third-order valence-corrected chi connectivity index (χ3v) is 2.83. The lowest BCUT2D eigenvalue weighted by atomic mass is 9.92. The van der Waals surface area contributed by atoms with Crippen molar-refractivity contribution in [2.45, 2.75) is 39.0 Å². The zero-order valence-electron chi connectivity index (χ0n) is 9.96. The van der Waals surface area contributed by atoms with Crippen LogP contribution in [0.4, 0.5) is 8.78 Å². The second-order valence-corrected chi connectivity index (χ2v) is 4.13. The van der Waals surface area contributed by atoms with Crippen molar-refractivity contribution in [2.24, 2.45) is 0 Å². The van der Waals surface area contributed by atoms with Gasteiger partial charge in [0.1, 0.15) is 0 Å². The SMILES string of the molecule is CCCCC(C(=O)O)c1ccc(C)c(F)c1F. The third-order valence-electron chi connectivity index (χ3n) is 2.83. The summed E-state index contributed by atoms with van der Waals surface area (Å²) >= 11 is 0. The molecule has 0 heterocycles. The van der Waals surface area contributed by atoms with Gasteiger partial charge < -0.3 is 5.11 Å². The third kappa shape index (κ3) is 3.02. The zero-order chi connectivity index (χ0) is 13.0. The molecule has 0 saturated heterocycles. The van der Waals surface area contributed by atoms with Gasteiger partial charge in [-0.2, -0.15) is 0 Å². The molecule has 1 N–H and O–H groups in total. The van der Waals surface area contributed by atoms with Crippen molar-refractivity contribution in [3.8, 4) is 0 Å². The van der Waals surface area contributed by atoms with E-state index in [4.69, 9.17) is 5.11 Å². The predicted octanol–water partition coefficient (Wildman–Crippen LogP) is 3.63. The highest BCUT2D eigenvalue weighted by Gasteiger charge is 2.24. The molecule has 1 aromatic carbocycles. The van der Waals surface area contributed by atoms with E-state index in [9.17, 15) is 13.6 Å². The Morgan fingerprint density at radius 3 is 2.53 bits per heavy atom. The maximum absolute atomic E-state index is 13.7. The summed E-state index contributed by atoms with van der Waals surface area (Å²) in [4.78, 5) is 11.1. The summed E-state index contributed by atoms with van der Waals surface area (Å²) in [6.07, 6.45) is 1.82. The first-order valence-electron chi connectivity index (χ1n) is 5.66. The van der Waals surface area contributed by atoms with Gasteiger partial charge in [0.05, 0.1) is 5.92 Å². The molecular weight excluding hydrogens is 226 g/mol. The Hall–Kier alpha value is -1.45. The predicted molar refractivity (Wildman–Crippen MR) is 61.0 cm³/mol. The van der Waals surface area contributed by atoms with Crippen LogP contribution in [0, 0.1) is 18.6 Å². The molecule has 4 heteroatoms. The van der Waals surface area contributed by atoms with Crippen molar-refractivity contribution in [3.05, 3.63) is 34.9 Å². The Bertz CT molecular complexity index is 416. The van der Waals surface area contributed by atoms with Gasteiger partial charge in [-0.05, 0) is 18.9 Å². The van der Waals surface area contributed by atoms with Crippen LogP contribution in [0.1, 0.15) is 43.2 Å². The fraction of sp³-hybridized carbons (Fsp3) is 0.462. The molecule has 0 radical (unpaired) electrons. The summed E-state index contributed by atoms with van der Waals surface area (Å²) in [5.41, 5.74) is 0.125. The number of benzene rings is 1. The van der Waals surface area contributed by atoms with Crippen LogP contribution in [-0.2, 0) is 4.79 Å². The molecule has 0 aliphatic carbocycles. The van der Waals surface area contributed by atoms with E-state index in [1.165, 1.54) is 19.1 Å². The summed E-state index contributed by atoms with van der Waals surface area (Å²) in [5, 5.41) is 9.05. The minimum atomic E-state index is -1.11. The van der Waals surface area contributed by atoms with Gasteiger partial charge in [0, 0.05) is 5.56 Å². The van der Waals surface area contributed by atoms with Crippen LogP contribution in [0.5, 0.6) is 0 Å². The van der Waals surface area contributed by atoms with Crippen molar-refractivity contribution >= 4 is 5.97 Å². The van der Waals surface area contributed by atoms with Gasteiger partial charge in [-0.15, -0.1) is 0 Å². The standard InChI is InChI=1S/C13H16F2O2/c1-3-4-5-10(13(16)17)9-7-6-8(2)11(14)12(9)15/h6-7,10H,3-5H2,1-2H3,(H,16,17). The van der Waals surface area contributed by atoms with E-state index in [2.05, 4.69) is 0 Å². The number of unbranched alkanes of at least 4 members (excludes halogenated alkanes) is 1. The van der Waals surface area contributed by atoms with Crippen molar-refractivity contribution in [3.63, 3.8) is 0 Å². The summed E-state index contributed by atoms with van der Waals surface area (Å²) < 4.78 is 27.0. The fourth-order valence-corrected chi connectivity index (χ4v) is 1.75. The van der Waals surface area contributed by atoms with E-state index in [0.717, 1.165) is 6.42 Å². The first-order chi connectivity index (χ1) is 7.99. The van der Waals surface area contributed by atoms with Gasteiger partial charge in [0.2, 0.25) is 0 Å². The monoisotopic (exact) mass is 242 g/mol. The van der Waals surface area contributed by atoms with Gasteiger partial charge in [0.25, 0.3) is 0 Å². The van der Waals surface area contributed by atoms with Crippen LogP contribution in [0.15, 0.2) is 12.1 Å². The quantitative estimate of drug-likeness (QED) is 0.856. The molecule has 1 rings (SSSR count). The van der Waals surface area contributed by atoms with Crippen molar-refractivity contribution in [1.82, 2.24) is 0 Å². The minimum Gasteiger partial charge on any atom is -0.481 e. The molecule has 0 spiro atoms. The van der Waals surface area contributed by atoms with E-state index in [1.807, 2.05) is 6.92 Å². The molecule has 0 aliphatic heterocycles. The van der Waals surface area contributed by atoms with E-state index in [0.29, 0.717) is 12.8 Å². The zero-order valence-corrected chi connectivity index (χ0v) is 9.96. The normalized spacial score (nSPS) is 12.5. The molecule has 0 aliphatic rings. The molecule has 0 amide bonds. The highest BCUT2D eigenvalue weighted by Crippen LogP contribution is 2.27. The topological polar surface area (TPSA) is 37.3 Å². The lowest BCUT2D eigenvalue weighted by Gasteiger charge is -2.14. The number of rotatable bonds is 5. The van der Waals surface area contributed by atoms with Gasteiger partial charge in [-0.1, -0.05) is 31.9 Å². The number of aryl methyl sites for hydroxylation is 1. The molecule has 2 nitrogen and oxygen atoms in total. The Balaban J connectivity index is 3.10. The molecule has 94 valence electrons. The van der Waals surface area contributed by atoms with Crippen LogP contribution < -0.4 is 0 Å². The fourth-order valence-electron chi connectivity index (χ4n) is 1.75. The molecule has 0 bridgehead atoms. The van der Waals surface area contributed by atoms with Gasteiger partial charge in [-0.3, -0.25) is 4.79 Å². The van der Waals surface area contributed by atoms with Crippen LogP contribution in [-0.4, -0.2) is 11.1 Å². The van der Waals surface area contributed by atoms with E-state index in [1.54, 1.807) is 0 Å². The summed E-state index contributed by atoms with van der Waals surface area (Å²) in [7, 11) is 0. The molecule has 0 saturated carbocycles. The summed E-state index contributed by atoms with van der Waals surface area (Å²) in [6, 6.07) is 2.78. The van der Waals surface area contributed by atoms with Gasteiger partial charge >= 0.3 is 5.97 Å². The maximum Gasteiger partial charge on any atom is 0.311 e. The smallest absolute Gasteiger partial charge is 0.311 e. The summed E-state index contributed by atoms with van der Waals surface area (Å²) in [6.45, 7) is 3.37. The molecule has 0 fully saturated rings. The molecule has 17 heavy (non-hydrogen) atoms. The van der Waals surface area contributed by atoms with Crippen LogP contribution >= 0.6 is 0 Å². The Kier molecular flexibility index (Phi) is 4.61. The van der Waals surface area contributed by atoms with Crippen molar-refractivity contribution in [2.75, 3.05) is 0 Å². The average molecular weight is 242 g/mol. The minimum absolute atomic E-state index is 0.0611. The number of carbonyl (C=O) groups is 1. The highest BCUT2D eigenvalue weighted by atomic mass is 19.2.